The quantitative estimate of drug-likeness (QED) is 0.549. The average molecular weight is 342 g/mol. The van der Waals surface area contributed by atoms with Crippen molar-refractivity contribution in [3.63, 3.8) is 0 Å². The van der Waals surface area contributed by atoms with Gasteiger partial charge in [0.2, 0.25) is 0 Å². The van der Waals surface area contributed by atoms with Crippen LogP contribution in [0.3, 0.4) is 0 Å². The van der Waals surface area contributed by atoms with Crippen molar-refractivity contribution < 1.29 is 19.0 Å². The topological polar surface area (TPSA) is 44.8 Å². The van der Waals surface area contributed by atoms with Crippen LogP contribution in [-0.2, 0) is 9.53 Å². The summed E-state index contributed by atoms with van der Waals surface area (Å²) in [7, 11) is 3.18. The fourth-order valence-corrected chi connectivity index (χ4v) is 2.71. The van der Waals surface area contributed by atoms with Gasteiger partial charge in [-0.25, -0.2) is 0 Å². The van der Waals surface area contributed by atoms with Crippen molar-refractivity contribution >= 4 is 5.78 Å². The first-order valence-corrected chi connectivity index (χ1v) is 8.69. The lowest BCUT2D eigenvalue weighted by atomic mass is 9.77. The Labute approximate surface area is 150 Å². The third-order valence-corrected chi connectivity index (χ3v) is 4.00. The summed E-state index contributed by atoms with van der Waals surface area (Å²) in [5.41, 5.74) is 1.27. The second-order valence-electron chi connectivity index (χ2n) is 6.22. The predicted octanol–water partition coefficient (Wildman–Crippen LogP) is 4.24. The fraction of sp³-hybridized carbons (Fsp3) is 0.476. The number of ether oxygens (including phenoxy) is 3. The normalized spacial score (nSPS) is 16.2. The van der Waals surface area contributed by atoms with Gasteiger partial charge in [0.25, 0.3) is 0 Å². The van der Waals surface area contributed by atoms with E-state index in [1.807, 2.05) is 26.0 Å². The summed E-state index contributed by atoms with van der Waals surface area (Å²) in [5.74, 6) is 7.56. The minimum absolute atomic E-state index is 0.0110. The monoisotopic (exact) mass is 342 g/mol. The van der Waals surface area contributed by atoms with Crippen molar-refractivity contribution in [3.8, 4) is 23.3 Å². The Morgan fingerprint density at radius 1 is 1.20 bits per heavy atom. The summed E-state index contributed by atoms with van der Waals surface area (Å²) in [5, 5.41) is 0. The maximum absolute atomic E-state index is 12.7. The van der Waals surface area contributed by atoms with Crippen LogP contribution in [0, 0.1) is 11.8 Å². The minimum Gasteiger partial charge on any atom is -0.497 e. The first-order chi connectivity index (χ1) is 12.0. The van der Waals surface area contributed by atoms with Gasteiger partial charge in [-0.3, -0.25) is 4.79 Å². The van der Waals surface area contributed by atoms with E-state index < -0.39 is 5.92 Å². The third kappa shape index (κ3) is 4.17. The lowest BCUT2D eigenvalue weighted by Crippen LogP contribution is -2.32. The summed E-state index contributed by atoms with van der Waals surface area (Å²) in [4.78, 5) is 12.7. The molecule has 0 spiro atoms. The number of carbonyl (C=O) groups is 1. The van der Waals surface area contributed by atoms with Gasteiger partial charge >= 0.3 is 0 Å². The maximum Gasteiger partial charge on any atom is 0.189 e. The van der Waals surface area contributed by atoms with E-state index in [2.05, 4.69) is 18.8 Å². The molecule has 4 nitrogen and oxygen atoms in total. The van der Waals surface area contributed by atoms with Crippen molar-refractivity contribution in [1.82, 2.24) is 0 Å². The summed E-state index contributed by atoms with van der Waals surface area (Å²) in [6.07, 6.45) is 2.88. The molecule has 2 rings (SSSR count). The van der Waals surface area contributed by atoms with Crippen LogP contribution in [0.5, 0.6) is 11.5 Å². The molecule has 0 saturated heterocycles. The maximum atomic E-state index is 12.7. The van der Waals surface area contributed by atoms with Crippen molar-refractivity contribution in [2.75, 3.05) is 14.2 Å². The van der Waals surface area contributed by atoms with E-state index in [4.69, 9.17) is 14.2 Å². The highest BCUT2D eigenvalue weighted by molar-refractivity contribution is 6.13. The van der Waals surface area contributed by atoms with Gasteiger partial charge in [0.1, 0.15) is 28.7 Å². The molecule has 1 unspecified atom stereocenters. The molecule has 4 heteroatoms. The standard InChI is InChI=1S/C21H26O4/c1-6-7-8-9-10-17-20(22)19(21(17)25-14(2)3)16-12-11-15(23-4)13-18(16)24-5/h11-14,19H,6-8H2,1-5H3. The van der Waals surface area contributed by atoms with E-state index in [0.717, 1.165) is 24.8 Å². The number of unbranched alkanes of at least 4 members (excludes halogenated alkanes) is 2. The largest absolute Gasteiger partial charge is 0.497 e. The molecule has 134 valence electrons. The molecule has 0 aromatic heterocycles. The van der Waals surface area contributed by atoms with Gasteiger partial charge in [0.05, 0.1) is 20.3 Å². The zero-order chi connectivity index (χ0) is 18.4. The zero-order valence-corrected chi connectivity index (χ0v) is 15.6. The van der Waals surface area contributed by atoms with E-state index in [1.165, 1.54) is 0 Å². The van der Waals surface area contributed by atoms with Gasteiger partial charge in [-0.05, 0) is 26.3 Å². The van der Waals surface area contributed by atoms with Gasteiger partial charge < -0.3 is 14.2 Å². The lowest BCUT2D eigenvalue weighted by Gasteiger charge is -2.31. The van der Waals surface area contributed by atoms with E-state index >= 15 is 0 Å². The number of carbonyl (C=O) groups excluding carboxylic acids is 1. The highest BCUT2D eigenvalue weighted by atomic mass is 16.5. The Morgan fingerprint density at radius 2 is 1.96 bits per heavy atom. The molecule has 1 aliphatic rings. The molecule has 0 N–H and O–H groups in total. The van der Waals surface area contributed by atoms with Crippen molar-refractivity contribution in [2.45, 2.75) is 52.1 Å². The number of rotatable bonds is 7. The predicted molar refractivity (Wildman–Crippen MR) is 97.8 cm³/mol. The smallest absolute Gasteiger partial charge is 0.189 e. The first kappa shape index (κ1) is 18.9. The molecule has 0 radical (unpaired) electrons. The average Bonchev–Trinajstić information content (AvgIpc) is 2.61. The molecule has 0 amide bonds. The Hall–Kier alpha value is -2.41. The number of hydrogen-bond acceptors (Lipinski definition) is 4. The van der Waals surface area contributed by atoms with E-state index in [9.17, 15) is 4.79 Å². The van der Waals surface area contributed by atoms with Crippen LogP contribution in [0.25, 0.3) is 0 Å². The molecule has 0 fully saturated rings. The number of allylic oxidation sites excluding steroid dienone is 2. The van der Waals surface area contributed by atoms with Gasteiger partial charge in [0, 0.05) is 18.1 Å². The Kier molecular flexibility index (Phi) is 6.52. The van der Waals surface area contributed by atoms with E-state index in [1.54, 1.807) is 20.3 Å². The van der Waals surface area contributed by atoms with Crippen LogP contribution in [0.2, 0.25) is 0 Å². The van der Waals surface area contributed by atoms with Crippen LogP contribution in [0.4, 0.5) is 0 Å². The Bertz CT molecular complexity index is 719. The molecule has 1 aliphatic carbocycles. The van der Waals surface area contributed by atoms with Gasteiger partial charge in [-0.1, -0.05) is 31.3 Å². The highest BCUT2D eigenvalue weighted by Gasteiger charge is 2.43. The van der Waals surface area contributed by atoms with Gasteiger partial charge in [-0.2, -0.15) is 0 Å². The zero-order valence-electron chi connectivity index (χ0n) is 15.6. The molecule has 1 aromatic rings. The fourth-order valence-electron chi connectivity index (χ4n) is 2.71. The first-order valence-electron chi connectivity index (χ1n) is 8.69. The van der Waals surface area contributed by atoms with Crippen molar-refractivity contribution in [3.05, 3.63) is 35.1 Å². The third-order valence-electron chi connectivity index (χ3n) is 4.00. The summed E-state index contributed by atoms with van der Waals surface area (Å²) >= 11 is 0. The minimum atomic E-state index is -0.460. The number of Topliss-reactive ketones (excluding diaryl/α,β-unsaturated/α-hetero) is 1. The van der Waals surface area contributed by atoms with Crippen LogP contribution in [0.15, 0.2) is 29.5 Å². The van der Waals surface area contributed by atoms with Gasteiger partial charge in [-0.15, -0.1) is 0 Å². The molecule has 0 bridgehead atoms. The van der Waals surface area contributed by atoms with Crippen LogP contribution < -0.4 is 9.47 Å². The molecule has 25 heavy (non-hydrogen) atoms. The molecule has 0 aliphatic heterocycles. The second-order valence-corrected chi connectivity index (χ2v) is 6.22. The number of methoxy groups -OCH3 is 2. The summed E-state index contributed by atoms with van der Waals surface area (Å²) in [6, 6.07) is 5.45. The summed E-state index contributed by atoms with van der Waals surface area (Å²) in [6.45, 7) is 6.01. The van der Waals surface area contributed by atoms with Crippen molar-refractivity contribution in [1.29, 1.82) is 0 Å². The molecule has 1 aromatic carbocycles. The summed E-state index contributed by atoms with van der Waals surface area (Å²) < 4.78 is 16.6. The molecular formula is C21H26O4. The number of hydrogen-bond donors (Lipinski definition) is 0. The molecule has 1 atom stereocenters. The Morgan fingerprint density at radius 3 is 2.56 bits per heavy atom. The lowest BCUT2D eigenvalue weighted by molar-refractivity contribution is -0.119. The van der Waals surface area contributed by atoms with Crippen LogP contribution >= 0.6 is 0 Å². The highest BCUT2D eigenvalue weighted by Crippen LogP contribution is 2.44. The van der Waals surface area contributed by atoms with Crippen LogP contribution in [0.1, 0.15) is 51.5 Å². The SMILES string of the molecule is CCCCC#CC1=C(OC(C)C)C(c2ccc(OC)cc2OC)C1=O. The van der Waals surface area contributed by atoms with E-state index in [-0.39, 0.29) is 11.9 Å². The number of benzene rings is 1. The molecule has 0 heterocycles. The molecule has 0 saturated carbocycles. The van der Waals surface area contributed by atoms with E-state index in [0.29, 0.717) is 22.8 Å². The Balaban J connectivity index is 2.38. The number of ketones is 1. The van der Waals surface area contributed by atoms with Gasteiger partial charge in [0.15, 0.2) is 5.78 Å². The van der Waals surface area contributed by atoms with Crippen molar-refractivity contribution in [2.24, 2.45) is 0 Å². The second kappa shape index (κ2) is 8.62. The van der Waals surface area contributed by atoms with Crippen LogP contribution in [-0.4, -0.2) is 26.1 Å². The molecular weight excluding hydrogens is 316 g/mol.